The number of pyridine rings is 1. The molecular formula is C36H32N6O5S3. The quantitative estimate of drug-likeness (QED) is 0.0432. The van der Waals surface area contributed by atoms with Crippen LogP contribution in [0, 0.1) is 0 Å². The minimum Gasteiger partial charge on any atom is -0.448 e. The Morgan fingerprint density at radius 3 is 2.50 bits per heavy atom. The molecule has 2 aliphatic rings. The largest absolute Gasteiger partial charge is 0.448 e. The van der Waals surface area contributed by atoms with Crippen LogP contribution < -0.4 is 11.1 Å². The zero-order valence-corrected chi connectivity index (χ0v) is 29.0. The Hall–Kier alpha value is -5.18. The van der Waals surface area contributed by atoms with Crippen LogP contribution in [0.2, 0.25) is 0 Å². The molecule has 1 fully saturated rings. The van der Waals surface area contributed by atoms with E-state index in [2.05, 4.69) is 27.0 Å². The molecule has 0 radical (unpaired) electrons. The van der Waals surface area contributed by atoms with Crippen LogP contribution in [0.1, 0.15) is 28.5 Å². The fraction of sp³-hybridized carbons (Fsp3) is 0.167. The first-order valence-electron chi connectivity index (χ1n) is 15.4. The number of amides is 2. The summed E-state index contributed by atoms with van der Waals surface area (Å²) in [7, 11) is 0. The van der Waals surface area contributed by atoms with Crippen molar-refractivity contribution in [2.75, 3.05) is 23.8 Å². The summed E-state index contributed by atoms with van der Waals surface area (Å²) >= 11 is 4.09. The number of oxime groups is 1. The van der Waals surface area contributed by atoms with Crippen LogP contribution in [0.3, 0.4) is 0 Å². The summed E-state index contributed by atoms with van der Waals surface area (Å²) in [5.41, 5.74) is 9.32. The molecule has 4 aromatic rings. The van der Waals surface area contributed by atoms with Crippen LogP contribution in [0.4, 0.5) is 5.13 Å². The van der Waals surface area contributed by atoms with Gasteiger partial charge in [0.1, 0.15) is 29.4 Å². The third-order valence-corrected chi connectivity index (χ3v) is 10.4. The first-order chi connectivity index (χ1) is 24.4. The number of nitrogens with zero attached hydrogens (tertiary/aromatic N) is 4. The zero-order valence-electron chi connectivity index (χ0n) is 26.6. The van der Waals surface area contributed by atoms with Crippen LogP contribution in [-0.4, -0.2) is 67.9 Å². The standard InChI is InChI=1S/C36H32N6O5S3/c1-2-17-46-41-28(27-22-50-36(37)39-27)32(43)40-29-33(44)42-30(26(21-49-34(29)42)20-48-18-15-23-10-9-16-38-19-23)35(45)47-31(24-11-5-3-6-12-24)25-13-7-4-8-14-25/h2-16,18-19,22,29,31,34H,1,17,20-21H2,(H2,37,39)(H,40,43)/b18-15-,41-28?/t29?,34-/m0/s1. The number of aromatic nitrogens is 2. The lowest BCUT2D eigenvalue weighted by Gasteiger charge is -2.49. The van der Waals surface area contributed by atoms with E-state index in [4.69, 9.17) is 15.3 Å². The summed E-state index contributed by atoms with van der Waals surface area (Å²) in [6, 6.07) is 21.8. The molecule has 2 aromatic heterocycles. The summed E-state index contributed by atoms with van der Waals surface area (Å²) in [4.78, 5) is 56.5. The van der Waals surface area contributed by atoms with Gasteiger partial charge in [-0.15, -0.1) is 34.9 Å². The number of anilines is 1. The van der Waals surface area contributed by atoms with E-state index < -0.39 is 35.3 Å². The molecule has 2 amide bonds. The average molecular weight is 725 g/mol. The number of thioether (sulfide) groups is 2. The number of nitrogens with one attached hydrogen (secondary N) is 1. The summed E-state index contributed by atoms with van der Waals surface area (Å²) in [6.07, 6.45) is 6.17. The summed E-state index contributed by atoms with van der Waals surface area (Å²) in [5.74, 6) is -0.869. The Morgan fingerprint density at radius 2 is 1.86 bits per heavy atom. The fourth-order valence-corrected chi connectivity index (χ4v) is 8.06. The number of fused-ring (bicyclic) bond motifs is 1. The molecular weight excluding hydrogens is 693 g/mol. The Bertz CT molecular complexity index is 1900. The van der Waals surface area contributed by atoms with Crippen LogP contribution in [0.5, 0.6) is 0 Å². The first kappa shape index (κ1) is 34.7. The summed E-state index contributed by atoms with van der Waals surface area (Å²) in [5, 5.41) is 9.92. The molecule has 11 nitrogen and oxygen atoms in total. The number of rotatable bonds is 14. The van der Waals surface area contributed by atoms with Gasteiger partial charge in [-0.25, -0.2) is 9.78 Å². The van der Waals surface area contributed by atoms with E-state index in [0.29, 0.717) is 11.5 Å². The number of hydrogen-bond acceptors (Lipinski definition) is 12. The van der Waals surface area contributed by atoms with E-state index in [-0.39, 0.29) is 28.8 Å². The molecule has 1 saturated heterocycles. The predicted molar refractivity (Wildman–Crippen MR) is 198 cm³/mol. The van der Waals surface area contributed by atoms with E-state index in [1.54, 1.807) is 17.8 Å². The smallest absolute Gasteiger partial charge is 0.356 e. The predicted octanol–water partition coefficient (Wildman–Crippen LogP) is 5.42. The number of carbonyl (C=O) groups excluding carboxylic acids is 3. The van der Waals surface area contributed by atoms with Gasteiger partial charge in [-0.2, -0.15) is 0 Å². The second-order valence-corrected chi connectivity index (χ2v) is 13.8. The highest BCUT2D eigenvalue weighted by Crippen LogP contribution is 2.42. The lowest BCUT2D eigenvalue weighted by molar-refractivity contribution is -0.154. The van der Waals surface area contributed by atoms with Gasteiger partial charge in [0.2, 0.25) is 0 Å². The molecule has 0 spiro atoms. The lowest BCUT2D eigenvalue weighted by atomic mass is 10.0. The van der Waals surface area contributed by atoms with E-state index in [0.717, 1.165) is 33.6 Å². The van der Waals surface area contributed by atoms with E-state index in [9.17, 15) is 14.4 Å². The highest BCUT2D eigenvalue weighted by atomic mass is 32.2. The number of thiazole rings is 1. The van der Waals surface area contributed by atoms with Crippen LogP contribution in [0.15, 0.2) is 125 Å². The molecule has 254 valence electrons. The van der Waals surface area contributed by atoms with Gasteiger partial charge in [0.05, 0.1) is 0 Å². The number of esters is 1. The topological polar surface area (TPSA) is 149 Å². The van der Waals surface area contributed by atoms with Gasteiger partial charge in [0.15, 0.2) is 16.9 Å². The van der Waals surface area contributed by atoms with Gasteiger partial charge in [-0.05, 0) is 39.8 Å². The minimum atomic E-state index is -0.936. The van der Waals surface area contributed by atoms with Crippen molar-refractivity contribution in [2.24, 2.45) is 5.16 Å². The molecule has 2 atom stereocenters. The van der Waals surface area contributed by atoms with Crippen LogP contribution in [0.25, 0.3) is 6.08 Å². The monoisotopic (exact) mass is 724 g/mol. The summed E-state index contributed by atoms with van der Waals surface area (Å²) < 4.78 is 6.25. The molecule has 4 heterocycles. The fourth-order valence-electron chi connectivity index (χ4n) is 5.24. The molecule has 6 rings (SSSR count). The van der Waals surface area contributed by atoms with E-state index in [1.165, 1.54) is 34.5 Å². The number of ether oxygens (including phenoxy) is 1. The highest BCUT2D eigenvalue weighted by Gasteiger charge is 2.55. The van der Waals surface area contributed by atoms with Gasteiger partial charge in [0.25, 0.3) is 11.8 Å². The average Bonchev–Trinajstić information content (AvgIpc) is 3.59. The molecule has 0 bridgehead atoms. The maximum Gasteiger partial charge on any atom is 0.356 e. The normalized spacial score (nSPS) is 17.3. The van der Waals surface area contributed by atoms with E-state index in [1.807, 2.05) is 84.3 Å². The molecule has 14 heteroatoms. The van der Waals surface area contributed by atoms with Gasteiger partial charge in [-0.1, -0.05) is 84.5 Å². The van der Waals surface area contributed by atoms with Gasteiger partial charge in [-0.3, -0.25) is 19.5 Å². The Morgan fingerprint density at radius 1 is 1.12 bits per heavy atom. The van der Waals surface area contributed by atoms with Crippen molar-refractivity contribution >= 4 is 69.6 Å². The maximum atomic E-state index is 14.3. The maximum absolute atomic E-state index is 14.3. The first-order valence-corrected chi connectivity index (χ1v) is 18.4. The molecule has 1 unspecified atom stereocenters. The second-order valence-electron chi connectivity index (χ2n) is 10.9. The van der Waals surface area contributed by atoms with Crippen molar-refractivity contribution in [3.05, 3.63) is 142 Å². The highest BCUT2D eigenvalue weighted by molar-refractivity contribution is 8.02. The van der Waals surface area contributed by atoms with Gasteiger partial charge in [0, 0.05) is 29.3 Å². The third kappa shape index (κ3) is 7.99. The summed E-state index contributed by atoms with van der Waals surface area (Å²) in [6.45, 7) is 3.65. The van der Waals surface area contributed by atoms with Crippen molar-refractivity contribution < 1.29 is 24.0 Å². The lowest BCUT2D eigenvalue weighted by Crippen LogP contribution is -2.71. The number of benzene rings is 2. The minimum absolute atomic E-state index is 0.0620. The Kier molecular flexibility index (Phi) is 11.4. The zero-order chi connectivity index (χ0) is 34.9. The number of nitrogen functional groups attached to an aromatic ring is 1. The Labute approximate surface area is 301 Å². The van der Waals surface area contributed by atoms with Crippen molar-refractivity contribution in [3.63, 3.8) is 0 Å². The number of nitrogens with two attached hydrogens (primary N) is 1. The van der Waals surface area contributed by atoms with E-state index >= 15 is 0 Å². The van der Waals surface area contributed by atoms with Crippen molar-refractivity contribution in [3.8, 4) is 0 Å². The number of hydrogen-bond donors (Lipinski definition) is 2. The second kappa shape index (κ2) is 16.5. The van der Waals surface area contributed by atoms with Gasteiger partial charge >= 0.3 is 5.97 Å². The van der Waals surface area contributed by atoms with Crippen molar-refractivity contribution in [2.45, 2.75) is 17.5 Å². The molecule has 50 heavy (non-hydrogen) atoms. The SMILES string of the molecule is C=CCON=C(C(=O)NC1C(=O)N2C(C(=O)OC(c3ccccc3)c3ccccc3)=C(CS/C=C\c3cccnc3)CS[C@@H]12)c1csc(N)n1. The number of β-lactam (4-membered cyclic amide) rings is 1. The van der Waals surface area contributed by atoms with Crippen LogP contribution in [-0.2, 0) is 24.0 Å². The molecule has 2 aliphatic heterocycles. The molecule has 3 N–H and O–H groups in total. The van der Waals surface area contributed by atoms with Crippen molar-refractivity contribution in [1.82, 2.24) is 20.2 Å². The molecule has 0 aliphatic carbocycles. The number of carbonyl (C=O) groups is 3. The van der Waals surface area contributed by atoms with Crippen LogP contribution >= 0.6 is 34.9 Å². The van der Waals surface area contributed by atoms with Crippen molar-refractivity contribution in [1.29, 1.82) is 0 Å². The Balaban J connectivity index is 1.26. The molecule has 0 saturated carbocycles. The van der Waals surface area contributed by atoms with Gasteiger partial charge < -0.3 is 20.6 Å². The molecule has 2 aromatic carbocycles. The third-order valence-electron chi connectivity index (χ3n) is 7.58.